The maximum atomic E-state index is 12.8. The summed E-state index contributed by atoms with van der Waals surface area (Å²) in [5, 5.41) is 3.26. The summed E-state index contributed by atoms with van der Waals surface area (Å²) in [5.41, 5.74) is 5.59. The highest BCUT2D eigenvalue weighted by molar-refractivity contribution is 5.95. The minimum absolute atomic E-state index is 0.120. The zero-order valence-corrected chi connectivity index (χ0v) is 14.6. The average Bonchev–Trinajstić information content (AvgIpc) is 2.53. The molecule has 6 nitrogen and oxygen atoms in total. The molecule has 0 saturated heterocycles. The van der Waals surface area contributed by atoms with E-state index >= 15 is 0 Å². The normalized spacial score (nSPS) is 35.4. The van der Waals surface area contributed by atoms with Crippen LogP contribution in [-0.2, 0) is 4.79 Å². The van der Waals surface area contributed by atoms with Crippen molar-refractivity contribution in [3.05, 3.63) is 23.9 Å². The second-order valence-electron chi connectivity index (χ2n) is 8.16. The molecule has 4 aliphatic carbocycles. The smallest absolute Gasteiger partial charge is 0.251 e. The fourth-order valence-electron chi connectivity index (χ4n) is 5.79. The number of carbonyl (C=O) groups excluding carboxylic acids is 2. The highest BCUT2D eigenvalue weighted by Crippen LogP contribution is 2.61. The van der Waals surface area contributed by atoms with E-state index in [1.165, 1.54) is 0 Å². The first-order valence-corrected chi connectivity index (χ1v) is 9.15. The summed E-state index contributed by atoms with van der Waals surface area (Å²) in [6, 6.07) is 3.37. The molecule has 1 aromatic rings. The molecule has 5 rings (SSSR count). The van der Waals surface area contributed by atoms with E-state index in [9.17, 15) is 9.59 Å². The SMILES string of the molecule is CCOc1cc(C(=O)NC23CC4CC(C2)CC(C(N)=O)(C4)C3)ccn1. The van der Waals surface area contributed by atoms with Gasteiger partial charge in [0.2, 0.25) is 11.8 Å². The molecule has 0 aliphatic heterocycles. The molecule has 4 aliphatic rings. The molecule has 134 valence electrons. The van der Waals surface area contributed by atoms with Gasteiger partial charge in [0, 0.05) is 23.4 Å². The van der Waals surface area contributed by atoms with Crippen LogP contribution in [0.3, 0.4) is 0 Å². The predicted molar refractivity (Wildman–Crippen MR) is 91.9 cm³/mol. The molecule has 2 unspecified atom stereocenters. The molecule has 0 radical (unpaired) electrons. The van der Waals surface area contributed by atoms with Gasteiger partial charge in [-0.15, -0.1) is 0 Å². The Hall–Kier alpha value is -2.11. The van der Waals surface area contributed by atoms with Gasteiger partial charge in [0.15, 0.2) is 0 Å². The molecule has 2 atom stereocenters. The number of carbonyl (C=O) groups is 2. The van der Waals surface area contributed by atoms with Crippen LogP contribution in [0.15, 0.2) is 18.3 Å². The first-order valence-electron chi connectivity index (χ1n) is 9.15. The monoisotopic (exact) mass is 343 g/mol. The van der Waals surface area contributed by atoms with Crippen molar-refractivity contribution in [3.8, 4) is 5.88 Å². The van der Waals surface area contributed by atoms with Crippen LogP contribution in [0.5, 0.6) is 5.88 Å². The summed E-state index contributed by atoms with van der Waals surface area (Å²) >= 11 is 0. The number of nitrogens with one attached hydrogen (secondary N) is 1. The molecule has 3 N–H and O–H groups in total. The number of rotatable bonds is 5. The van der Waals surface area contributed by atoms with Gasteiger partial charge in [-0.3, -0.25) is 9.59 Å². The van der Waals surface area contributed by atoms with Crippen LogP contribution < -0.4 is 15.8 Å². The maximum absolute atomic E-state index is 12.8. The third-order valence-corrected chi connectivity index (χ3v) is 6.25. The Morgan fingerprint density at radius 1 is 1.32 bits per heavy atom. The van der Waals surface area contributed by atoms with Gasteiger partial charge >= 0.3 is 0 Å². The van der Waals surface area contributed by atoms with E-state index in [0.29, 0.717) is 36.3 Å². The lowest BCUT2D eigenvalue weighted by molar-refractivity contribution is -0.146. The topological polar surface area (TPSA) is 94.3 Å². The van der Waals surface area contributed by atoms with E-state index in [1.807, 2.05) is 6.92 Å². The van der Waals surface area contributed by atoms with Crippen LogP contribution in [0.4, 0.5) is 0 Å². The molecule has 1 aromatic heterocycles. The molecule has 4 bridgehead atoms. The van der Waals surface area contributed by atoms with E-state index in [2.05, 4.69) is 10.3 Å². The summed E-state index contributed by atoms with van der Waals surface area (Å²) in [5.74, 6) is 1.12. The highest BCUT2D eigenvalue weighted by Gasteiger charge is 2.60. The Morgan fingerprint density at radius 3 is 2.68 bits per heavy atom. The summed E-state index contributed by atoms with van der Waals surface area (Å²) in [6.07, 6.45) is 7.11. The number of primary amides is 1. The molecule has 0 aromatic carbocycles. The van der Waals surface area contributed by atoms with E-state index < -0.39 is 5.41 Å². The standard InChI is InChI=1S/C19H25N3O3/c1-2-25-15-6-14(3-4-21-15)16(23)22-19-9-12-5-13(10-19)8-18(7-12,11-19)17(20)24/h3-4,6,12-13H,2,5,7-11H2,1H3,(H2,20,24)(H,22,23). The molecule has 1 heterocycles. The Labute approximate surface area is 147 Å². The Kier molecular flexibility index (Phi) is 3.74. The fourth-order valence-corrected chi connectivity index (χ4v) is 5.79. The van der Waals surface area contributed by atoms with Gasteiger partial charge in [-0.1, -0.05) is 0 Å². The summed E-state index contributed by atoms with van der Waals surface area (Å²) < 4.78 is 5.39. The molecular formula is C19H25N3O3. The van der Waals surface area contributed by atoms with Gasteiger partial charge in [-0.25, -0.2) is 4.98 Å². The van der Waals surface area contributed by atoms with E-state index in [0.717, 1.165) is 32.1 Å². The van der Waals surface area contributed by atoms with Crippen molar-refractivity contribution < 1.29 is 14.3 Å². The minimum atomic E-state index is -0.425. The van der Waals surface area contributed by atoms with E-state index in [-0.39, 0.29) is 17.4 Å². The summed E-state index contributed by atoms with van der Waals surface area (Å²) in [4.78, 5) is 29.1. The molecule has 6 heteroatoms. The van der Waals surface area contributed by atoms with Crippen molar-refractivity contribution in [2.75, 3.05) is 6.61 Å². The van der Waals surface area contributed by atoms with Gasteiger partial charge in [0.05, 0.1) is 12.0 Å². The first kappa shape index (κ1) is 16.4. The highest BCUT2D eigenvalue weighted by atomic mass is 16.5. The second kappa shape index (κ2) is 5.71. The van der Waals surface area contributed by atoms with Crippen molar-refractivity contribution in [1.29, 1.82) is 0 Å². The molecule has 0 spiro atoms. The Balaban J connectivity index is 1.57. The van der Waals surface area contributed by atoms with E-state index in [4.69, 9.17) is 10.5 Å². The number of hydrogen-bond donors (Lipinski definition) is 2. The van der Waals surface area contributed by atoms with Crippen LogP contribution >= 0.6 is 0 Å². The lowest BCUT2D eigenvalue weighted by Crippen LogP contribution is -2.65. The van der Waals surface area contributed by atoms with Crippen LogP contribution in [0.25, 0.3) is 0 Å². The van der Waals surface area contributed by atoms with Gasteiger partial charge in [-0.05, 0) is 63.4 Å². The number of nitrogens with zero attached hydrogens (tertiary/aromatic N) is 1. The van der Waals surface area contributed by atoms with Crippen molar-refractivity contribution in [2.24, 2.45) is 23.0 Å². The number of nitrogens with two attached hydrogens (primary N) is 1. The maximum Gasteiger partial charge on any atom is 0.251 e. The Bertz CT molecular complexity index is 704. The van der Waals surface area contributed by atoms with Gasteiger partial charge in [0.25, 0.3) is 5.91 Å². The van der Waals surface area contributed by atoms with Gasteiger partial charge < -0.3 is 15.8 Å². The minimum Gasteiger partial charge on any atom is -0.478 e. The number of pyridine rings is 1. The summed E-state index contributed by atoms with van der Waals surface area (Å²) in [6.45, 7) is 2.39. The molecular weight excluding hydrogens is 318 g/mol. The zero-order valence-electron chi connectivity index (χ0n) is 14.6. The number of amides is 2. The first-order chi connectivity index (χ1) is 11.9. The van der Waals surface area contributed by atoms with E-state index in [1.54, 1.807) is 18.3 Å². The average molecular weight is 343 g/mol. The van der Waals surface area contributed by atoms with Crippen molar-refractivity contribution in [2.45, 2.75) is 51.0 Å². The molecule has 2 amide bonds. The molecule has 4 fully saturated rings. The lowest BCUT2D eigenvalue weighted by Gasteiger charge is -2.61. The quantitative estimate of drug-likeness (QED) is 0.855. The van der Waals surface area contributed by atoms with Crippen molar-refractivity contribution in [3.63, 3.8) is 0 Å². The second-order valence-corrected chi connectivity index (χ2v) is 8.16. The van der Waals surface area contributed by atoms with Crippen LogP contribution in [0.1, 0.15) is 55.8 Å². The third kappa shape index (κ3) is 2.77. The third-order valence-electron chi connectivity index (χ3n) is 6.25. The Morgan fingerprint density at radius 2 is 2.04 bits per heavy atom. The fraction of sp³-hybridized carbons (Fsp3) is 0.632. The van der Waals surface area contributed by atoms with Crippen molar-refractivity contribution >= 4 is 11.8 Å². The summed E-state index contributed by atoms with van der Waals surface area (Å²) in [7, 11) is 0. The largest absolute Gasteiger partial charge is 0.478 e. The zero-order chi connectivity index (χ0) is 17.7. The van der Waals surface area contributed by atoms with Gasteiger partial charge in [0.1, 0.15) is 0 Å². The van der Waals surface area contributed by atoms with Crippen molar-refractivity contribution in [1.82, 2.24) is 10.3 Å². The lowest BCUT2D eigenvalue weighted by atomic mass is 9.46. The predicted octanol–water partition coefficient (Wildman–Crippen LogP) is 2.03. The number of aromatic nitrogens is 1. The molecule has 25 heavy (non-hydrogen) atoms. The van der Waals surface area contributed by atoms with Crippen LogP contribution in [0.2, 0.25) is 0 Å². The van der Waals surface area contributed by atoms with Gasteiger partial charge in [-0.2, -0.15) is 0 Å². The number of hydrogen-bond acceptors (Lipinski definition) is 4. The number of ether oxygens (including phenoxy) is 1. The van der Waals surface area contributed by atoms with Crippen LogP contribution in [0, 0.1) is 17.3 Å². The molecule has 4 saturated carbocycles. The van der Waals surface area contributed by atoms with Crippen LogP contribution in [-0.4, -0.2) is 28.9 Å².